The van der Waals surface area contributed by atoms with E-state index in [2.05, 4.69) is 24.3 Å². The van der Waals surface area contributed by atoms with E-state index in [9.17, 15) is 9.67 Å². The minimum atomic E-state index is -3.13. The highest BCUT2D eigenvalue weighted by atomic mass is 31.2. The van der Waals surface area contributed by atoms with Crippen LogP contribution < -0.4 is 26.0 Å². The predicted molar refractivity (Wildman–Crippen MR) is 114 cm³/mol. The maximum atomic E-state index is 13.9. The molecule has 3 aromatic carbocycles. The van der Waals surface area contributed by atoms with Gasteiger partial charge in [0.1, 0.15) is 17.4 Å². The summed E-state index contributed by atoms with van der Waals surface area (Å²) in [4.78, 5) is 0. The van der Waals surface area contributed by atoms with Crippen LogP contribution in [0.25, 0.3) is 0 Å². The maximum Gasteiger partial charge on any atom is 0.184 e. The summed E-state index contributed by atoms with van der Waals surface area (Å²) in [5.41, 5.74) is 0. The fourth-order valence-electron chi connectivity index (χ4n) is 3.41. The molecule has 5 heteroatoms. The standard InChI is InChI=1S/C22H22O3P2/c1-22(2,23)27(24)16-25-19-14-9-15-20(21(19)27)26(17-10-5-3-6-11-17)18-12-7-4-8-13-18/h3-15,23H,16H2,1-2H3. The van der Waals surface area contributed by atoms with E-state index in [1.165, 1.54) is 10.6 Å². The van der Waals surface area contributed by atoms with Crippen molar-refractivity contribution >= 4 is 36.3 Å². The summed E-state index contributed by atoms with van der Waals surface area (Å²) >= 11 is 0. The molecular weight excluding hydrogens is 374 g/mol. The van der Waals surface area contributed by atoms with E-state index in [0.717, 1.165) is 5.30 Å². The van der Waals surface area contributed by atoms with Gasteiger partial charge in [-0.1, -0.05) is 72.8 Å². The van der Waals surface area contributed by atoms with E-state index >= 15 is 0 Å². The monoisotopic (exact) mass is 396 g/mol. The Morgan fingerprint density at radius 3 is 1.96 bits per heavy atom. The van der Waals surface area contributed by atoms with Gasteiger partial charge in [0.25, 0.3) is 0 Å². The van der Waals surface area contributed by atoms with Gasteiger partial charge in [-0.05, 0) is 43.7 Å². The lowest BCUT2D eigenvalue weighted by molar-refractivity contribution is 0.162. The van der Waals surface area contributed by atoms with Crippen LogP contribution in [-0.2, 0) is 4.57 Å². The molecule has 1 aliphatic heterocycles. The molecule has 1 unspecified atom stereocenters. The third-order valence-electron chi connectivity index (χ3n) is 4.89. The van der Waals surface area contributed by atoms with Gasteiger partial charge in [-0.25, -0.2) is 0 Å². The molecule has 1 aliphatic rings. The number of hydrogen-bond donors (Lipinski definition) is 1. The SMILES string of the molecule is CC(C)(O)P1(=O)COc2cccc(P(c3ccccc3)c3ccccc3)c21. The highest BCUT2D eigenvalue weighted by Gasteiger charge is 2.49. The molecule has 0 bridgehead atoms. The van der Waals surface area contributed by atoms with E-state index in [1.807, 2.05) is 54.6 Å². The van der Waals surface area contributed by atoms with Crippen LogP contribution in [0.4, 0.5) is 0 Å². The molecule has 1 atom stereocenters. The third kappa shape index (κ3) is 3.15. The summed E-state index contributed by atoms with van der Waals surface area (Å²) in [6.45, 7) is 3.24. The van der Waals surface area contributed by atoms with E-state index in [0.29, 0.717) is 11.1 Å². The van der Waals surface area contributed by atoms with Gasteiger partial charge in [0.2, 0.25) is 0 Å². The van der Waals surface area contributed by atoms with Gasteiger partial charge in [-0.15, -0.1) is 0 Å². The number of fused-ring (bicyclic) bond motifs is 1. The predicted octanol–water partition coefficient (Wildman–Crippen LogP) is 3.51. The smallest absolute Gasteiger partial charge is 0.184 e. The molecule has 0 amide bonds. The zero-order valence-corrected chi connectivity index (χ0v) is 17.2. The van der Waals surface area contributed by atoms with Crippen LogP contribution in [0.5, 0.6) is 5.75 Å². The van der Waals surface area contributed by atoms with Gasteiger partial charge < -0.3 is 14.4 Å². The molecule has 0 aromatic heterocycles. The normalized spacial score (nSPS) is 19.0. The first kappa shape index (κ1) is 18.4. The highest BCUT2D eigenvalue weighted by Crippen LogP contribution is 2.60. The summed E-state index contributed by atoms with van der Waals surface area (Å²) in [6.07, 6.45) is 0.0512. The summed E-state index contributed by atoms with van der Waals surface area (Å²) in [5, 5.41) is 13.5. The summed E-state index contributed by atoms with van der Waals surface area (Å²) < 4.78 is 19.7. The van der Waals surface area contributed by atoms with Crippen LogP contribution in [0.2, 0.25) is 0 Å². The van der Waals surface area contributed by atoms with Gasteiger partial charge >= 0.3 is 0 Å². The van der Waals surface area contributed by atoms with Gasteiger partial charge in [-0.3, -0.25) is 0 Å². The highest BCUT2D eigenvalue weighted by molar-refractivity contribution is 7.83. The van der Waals surface area contributed by atoms with Gasteiger partial charge in [0.05, 0.1) is 5.30 Å². The average Bonchev–Trinajstić information content (AvgIpc) is 3.03. The second-order valence-electron chi connectivity index (χ2n) is 7.14. The lowest BCUT2D eigenvalue weighted by atomic mass is 10.3. The van der Waals surface area contributed by atoms with Crippen LogP contribution in [-0.4, -0.2) is 16.8 Å². The minimum Gasteiger partial charge on any atom is -0.485 e. The van der Waals surface area contributed by atoms with Crippen molar-refractivity contribution in [3.63, 3.8) is 0 Å². The molecule has 0 aliphatic carbocycles. The molecule has 0 spiro atoms. The molecule has 27 heavy (non-hydrogen) atoms. The molecule has 0 radical (unpaired) electrons. The zero-order valence-electron chi connectivity index (χ0n) is 15.4. The van der Waals surface area contributed by atoms with Crippen molar-refractivity contribution < 1.29 is 14.4 Å². The number of aliphatic hydroxyl groups is 1. The maximum absolute atomic E-state index is 13.9. The number of hydrogen-bond acceptors (Lipinski definition) is 3. The second-order valence-corrected chi connectivity index (χ2v) is 12.6. The fraction of sp³-hybridized carbons (Fsp3) is 0.182. The Morgan fingerprint density at radius 2 is 1.44 bits per heavy atom. The van der Waals surface area contributed by atoms with Crippen molar-refractivity contribution in [3.8, 4) is 5.75 Å². The van der Waals surface area contributed by atoms with Crippen LogP contribution >= 0.6 is 15.1 Å². The topological polar surface area (TPSA) is 46.5 Å². The quantitative estimate of drug-likeness (QED) is 0.687. The molecule has 1 N–H and O–H groups in total. The first-order valence-corrected chi connectivity index (χ1v) is 12.1. The Bertz CT molecular complexity index is 956. The van der Waals surface area contributed by atoms with Gasteiger partial charge in [0, 0.05) is 0 Å². The Hall–Kier alpha value is -1.92. The first-order valence-electron chi connectivity index (χ1n) is 8.90. The van der Waals surface area contributed by atoms with Crippen molar-refractivity contribution in [1.82, 2.24) is 0 Å². The van der Waals surface area contributed by atoms with Crippen molar-refractivity contribution in [2.45, 2.75) is 19.2 Å². The van der Waals surface area contributed by atoms with Crippen molar-refractivity contribution in [2.75, 3.05) is 6.35 Å². The van der Waals surface area contributed by atoms with Gasteiger partial charge in [-0.2, -0.15) is 0 Å². The second kappa shape index (κ2) is 6.91. The molecule has 0 fully saturated rings. The first-order chi connectivity index (χ1) is 12.9. The Morgan fingerprint density at radius 1 is 0.889 bits per heavy atom. The Kier molecular flexibility index (Phi) is 4.72. The van der Waals surface area contributed by atoms with Crippen molar-refractivity contribution in [2.24, 2.45) is 0 Å². The van der Waals surface area contributed by atoms with Crippen LogP contribution in [0.3, 0.4) is 0 Å². The molecule has 138 valence electrons. The summed E-state index contributed by atoms with van der Waals surface area (Å²) in [6, 6.07) is 26.4. The van der Waals surface area contributed by atoms with E-state index in [1.54, 1.807) is 13.8 Å². The molecular formula is C22H22O3P2. The number of ether oxygens (including phenoxy) is 1. The number of rotatable bonds is 4. The molecule has 0 saturated heterocycles. The largest absolute Gasteiger partial charge is 0.485 e. The van der Waals surface area contributed by atoms with E-state index in [4.69, 9.17) is 4.74 Å². The summed E-state index contributed by atoms with van der Waals surface area (Å²) in [7, 11) is -4.04. The van der Waals surface area contributed by atoms with E-state index < -0.39 is 20.4 Å². The van der Waals surface area contributed by atoms with Crippen molar-refractivity contribution in [1.29, 1.82) is 0 Å². The molecule has 4 rings (SSSR count). The lowest BCUT2D eigenvalue weighted by Crippen LogP contribution is -2.35. The summed E-state index contributed by atoms with van der Waals surface area (Å²) in [5.74, 6) is 0.636. The van der Waals surface area contributed by atoms with Gasteiger partial charge in [0.15, 0.2) is 7.14 Å². The zero-order chi connectivity index (χ0) is 19.1. The minimum absolute atomic E-state index is 0.0512. The molecule has 3 nitrogen and oxygen atoms in total. The number of benzene rings is 3. The van der Waals surface area contributed by atoms with Crippen molar-refractivity contribution in [3.05, 3.63) is 78.9 Å². The molecule has 0 saturated carbocycles. The van der Waals surface area contributed by atoms with Crippen LogP contribution in [0, 0.1) is 0 Å². The van der Waals surface area contributed by atoms with Crippen LogP contribution in [0.15, 0.2) is 78.9 Å². The Labute approximate surface area is 161 Å². The van der Waals surface area contributed by atoms with Crippen LogP contribution in [0.1, 0.15) is 13.8 Å². The van der Waals surface area contributed by atoms with E-state index in [-0.39, 0.29) is 6.35 Å². The lowest BCUT2D eigenvalue weighted by Gasteiger charge is -2.29. The Balaban J connectivity index is 1.99. The molecule has 3 aromatic rings. The average molecular weight is 396 g/mol. The fourth-order valence-corrected chi connectivity index (χ4v) is 8.80. The third-order valence-corrected chi connectivity index (χ3v) is 11.0. The molecule has 1 heterocycles.